The minimum absolute atomic E-state index is 0.0513. The quantitative estimate of drug-likeness (QED) is 0.908. The number of carbonyl (C=O) groups is 1. The molecule has 2 aromatic rings. The second-order valence-electron chi connectivity index (χ2n) is 5.85. The molecule has 1 aliphatic rings. The number of amides is 1. The highest BCUT2D eigenvalue weighted by atomic mass is 32.2. The second-order valence-corrected chi connectivity index (χ2v) is 7.83. The van der Waals surface area contributed by atoms with Crippen LogP contribution in [-0.2, 0) is 9.84 Å². The Hall–Kier alpha value is -2.22. The van der Waals surface area contributed by atoms with Gasteiger partial charge in [0.15, 0.2) is 9.84 Å². The number of aryl methyl sites for hydroxylation is 1. The van der Waals surface area contributed by atoms with E-state index < -0.39 is 9.84 Å². The molecule has 1 fully saturated rings. The number of hydrogen-bond donors (Lipinski definition) is 1. The van der Waals surface area contributed by atoms with E-state index in [-0.39, 0.29) is 16.7 Å². The van der Waals surface area contributed by atoms with Gasteiger partial charge < -0.3 is 4.90 Å². The molecule has 0 aliphatic carbocycles. The zero-order valence-electron chi connectivity index (χ0n) is 13.0. The Morgan fingerprint density at radius 1 is 1.35 bits per heavy atom. The average molecular weight is 334 g/mol. The van der Waals surface area contributed by atoms with Crippen molar-refractivity contribution in [2.45, 2.75) is 24.2 Å². The van der Waals surface area contributed by atoms with Crippen molar-refractivity contribution in [3.05, 3.63) is 41.5 Å². The fraction of sp³-hybridized carbons (Fsp3) is 0.400. The normalized spacial score (nSPS) is 18.3. The number of pyridine rings is 1. The molecular weight excluding hydrogens is 316 g/mol. The number of aromatic nitrogens is 3. The number of nitrogens with zero attached hydrogens (tertiary/aromatic N) is 3. The zero-order valence-corrected chi connectivity index (χ0v) is 13.8. The number of H-pyrrole nitrogens is 1. The van der Waals surface area contributed by atoms with E-state index in [1.165, 1.54) is 6.20 Å². The summed E-state index contributed by atoms with van der Waals surface area (Å²) in [6.07, 6.45) is 4.77. The van der Waals surface area contributed by atoms with Gasteiger partial charge in [0.2, 0.25) is 0 Å². The fourth-order valence-electron chi connectivity index (χ4n) is 2.83. The molecular formula is C15H18N4O3S. The summed E-state index contributed by atoms with van der Waals surface area (Å²) in [6.45, 7) is 2.92. The number of sulfone groups is 1. The third-order valence-electron chi connectivity index (χ3n) is 4.07. The molecule has 0 spiro atoms. The van der Waals surface area contributed by atoms with Crippen LogP contribution in [-0.4, -0.2) is 53.8 Å². The average Bonchev–Trinajstić information content (AvgIpc) is 3.15. The highest BCUT2D eigenvalue weighted by Gasteiger charge is 2.32. The van der Waals surface area contributed by atoms with Crippen LogP contribution in [0.15, 0.2) is 29.4 Å². The second kappa shape index (κ2) is 5.77. The third kappa shape index (κ3) is 3.12. The van der Waals surface area contributed by atoms with Gasteiger partial charge in [-0.3, -0.25) is 14.9 Å². The minimum atomic E-state index is -3.33. The van der Waals surface area contributed by atoms with Crippen molar-refractivity contribution in [1.82, 2.24) is 20.1 Å². The Balaban J connectivity index is 1.78. The summed E-state index contributed by atoms with van der Waals surface area (Å²) in [4.78, 5) is 18.6. The molecule has 2 aromatic heterocycles. The number of carbonyl (C=O) groups excluding carboxylic acids is 1. The van der Waals surface area contributed by atoms with Gasteiger partial charge in [0.25, 0.3) is 5.91 Å². The maximum absolute atomic E-state index is 12.5. The lowest BCUT2D eigenvalue weighted by Crippen LogP contribution is -2.28. The Morgan fingerprint density at radius 3 is 2.78 bits per heavy atom. The van der Waals surface area contributed by atoms with E-state index in [2.05, 4.69) is 15.2 Å². The highest BCUT2D eigenvalue weighted by molar-refractivity contribution is 7.90. The molecule has 122 valence electrons. The minimum Gasteiger partial charge on any atom is -0.338 e. The monoisotopic (exact) mass is 334 g/mol. The Bertz CT molecular complexity index is 827. The molecule has 1 amide bonds. The Kier molecular flexibility index (Phi) is 3.93. The van der Waals surface area contributed by atoms with Crippen LogP contribution in [0.5, 0.6) is 0 Å². The molecule has 0 unspecified atom stereocenters. The van der Waals surface area contributed by atoms with E-state index >= 15 is 0 Å². The highest BCUT2D eigenvalue weighted by Crippen LogP contribution is 2.30. The summed E-state index contributed by atoms with van der Waals surface area (Å²) in [7, 11) is -3.33. The maximum atomic E-state index is 12.5. The Morgan fingerprint density at radius 2 is 2.13 bits per heavy atom. The van der Waals surface area contributed by atoms with Crippen molar-refractivity contribution in [3.63, 3.8) is 0 Å². The maximum Gasteiger partial charge on any atom is 0.255 e. The standard InChI is InChI=1S/C15H18N4O3S/c1-10-3-4-11(7-16-10)15(20)19-6-5-12(9-19)14-13(8-17-18-14)23(2,21)22/h3-4,7-8,12H,5-6,9H2,1-2H3,(H,17,18)/t12-/m0/s1. The van der Waals surface area contributed by atoms with E-state index in [9.17, 15) is 13.2 Å². The molecule has 7 nitrogen and oxygen atoms in total. The van der Waals surface area contributed by atoms with Crippen LogP contribution >= 0.6 is 0 Å². The number of nitrogens with one attached hydrogen (secondary N) is 1. The van der Waals surface area contributed by atoms with Crippen LogP contribution in [0.4, 0.5) is 0 Å². The molecule has 1 saturated heterocycles. The molecule has 3 heterocycles. The molecule has 1 N–H and O–H groups in total. The van der Waals surface area contributed by atoms with E-state index in [0.717, 1.165) is 11.9 Å². The van der Waals surface area contributed by atoms with Crippen molar-refractivity contribution >= 4 is 15.7 Å². The van der Waals surface area contributed by atoms with Gasteiger partial charge in [-0.15, -0.1) is 0 Å². The van der Waals surface area contributed by atoms with Gasteiger partial charge in [0, 0.05) is 37.2 Å². The lowest BCUT2D eigenvalue weighted by molar-refractivity contribution is 0.0790. The number of hydrogen-bond acceptors (Lipinski definition) is 5. The topological polar surface area (TPSA) is 96.0 Å². The van der Waals surface area contributed by atoms with Gasteiger partial charge >= 0.3 is 0 Å². The van der Waals surface area contributed by atoms with Crippen molar-refractivity contribution in [3.8, 4) is 0 Å². The van der Waals surface area contributed by atoms with E-state index in [1.807, 2.05) is 6.92 Å². The molecule has 3 rings (SSSR count). The zero-order chi connectivity index (χ0) is 16.6. The van der Waals surface area contributed by atoms with E-state index in [1.54, 1.807) is 23.2 Å². The summed E-state index contributed by atoms with van der Waals surface area (Å²) < 4.78 is 23.6. The first-order valence-corrected chi connectivity index (χ1v) is 9.20. The summed E-state index contributed by atoms with van der Waals surface area (Å²) in [5.41, 5.74) is 1.99. The molecule has 0 aromatic carbocycles. The molecule has 1 aliphatic heterocycles. The summed E-state index contributed by atoms with van der Waals surface area (Å²) in [5.74, 6) is -0.134. The predicted molar refractivity (Wildman–Crippen MR) is 83.9 cm³/mol. The first-order chi connectivity index (χ1) is 10.9. The van der Waals surface area contributed by atoms with Gasteiger partial charge in [-0.2, -0.15) is 5.10 Å². The number of rotatable bonds is 3. The van der Waals surface area contributed by atoms with Crippen LogP contribution in [0.1, 0.15) is 34.1 Å². The van der Waals surface area contributed by atoms with Crippen molar-refractivity contribution < 1.29 is 13.2 Å². The largest absolute Gasteiger partial charge is 0.338 e. The smallest absolute Gasteiger partial charge is 0.255 e. The lowest BCUT2D eigenvalue weighted by Gasteiger charge is -2.16. The van der Waals surface area contributed by atoms with E-state index in [0.29, 0.717) is 30.8 Å². The van der Waals surface area contributed by atoms with Crippen molar-refractivity contribution in [2.75, 3.05) is 19.3 Å². The molecule has 0 radical (unpaired) electrons. The number of aromatic amines is 1. The van der Waals surface area contributed by atoms with Gasteiger partial charge in [-0.1, -0.05) is 0 Å². The van der Waals surface area contributed by atoms with Crippen LogP contribution in [0.2, 0.25) is 0 Å². The molecule has 23 heavy (non-hydrogen) atoms. The molecule has 0 saturated carbocycles. The fourth-order valence-corrected chi connectivity index (χ4v) is 3.69. The van der Waals surface area contributed by atoms with Crippen LogP contribution < -0.4 is 0 Å². The van der Waals surface area contributed by atoms with Crippen LogP contribution in [0.3, 0.4) is 0 Å². The van der Waals surface area contributed by atoms with Crippen molar-refractivity contribution in [2.24, 2.45) is 0 Å². The summed E-state index contributed by atoms with van der Waals surface area (Å²) in [5, 5.41) is 6.63. The molecule has 8 heteroatoms. The SMILES string of the molecule is Cc1ccc(C(=O)N2CC[C@H](c3[nH]ncc3S(C)(=O)=O)C2)cn1. The van der Waals surface area contributed by atoms with E-state index in [4.69, 9.17) is 0 Å². The number of likely N-dealkylation sites (tertiary alicyclic amines) is 1. The first kappa shape index (κ1) is 15.7. The summed E-state index contributed by atoms with van der Waals surface area (Å²) in [6, 6.07) is 3.56. The van der Waals surface area contributed by atoms with Gasteiger partial charge in [0.1, 0.15) is 4.90 Å². The van der Waals surface area contributed by atoms with Crippen LogP contribution in [0.25, 0.3) is 0 Å². The van der Waals surface area contributed by atoms with Gasteiger partial charge in [0.05, 0.1) is 17.5 Å². The molecule has 0 bridgehead atoms. The van der Waals surface area contributed by atoms with Gasteiger partial charge in [-0.05, 0) is 25.5 Å². The third-order valence-corrected chi connectivity index (χ3v) is 5.20. The lowest BCUT2D eigenvalue weighted by atomic mass is 10.1. The van der Waals surface area contributed by atoms with Crippen molar-refractivity contribution in [1.29, 1.82) is 0 Å². The van der Waals surface area contributed by atoms with Gasteiger partial charge in [-0.25, -0.2) is 8.42 Å². The van der Waals surface area contributed by atoms with Crippen LogP contribution in [0, 0.1) is 6.92 Å². The Labute approximate surface area is 134 Å². The summed E-state index contributed by atoms with van der Waals surface area (Å²) >= 11 is 0. The predicted octanol–water partition coefficient (Wildman–Crippen LogP) is 1.15. The molecule has 1 atom stereocenters. The first-order valence-electron chi connectivity index (χ1n) is 7.31.